The third-order valence-electron chi connectivity index (χ3n) is 2.39. The van der Waals surface area contributed by atoms with Crippen LogP contribution in [-0.2, 0) is 0 Å². The number of hydrogen-bond acceptors (Lipinski definition) is 2. The summed E-state index contributed by atoms with van der Waals surface area (Å²) in [6.45, 7) is 1.98. The fourth-order valence-corrected chi connectivity index (χ4v) is 1.68. The van der Waals surface area contributed by atoms with E-state index in [1.807, 2.05) is 31.2 Å². The van der Waals surface area contributed by atoms with Crippen molar-refractivity contribution in [3.8, 4) is 11.1 Å². The van der Waals surface area contributed by atoms with E-state index >= 15 is 0 Å². The van der Waals surface area contributed by atoms with E-state index < -0.39 is 0 Å². The zero-order valence-electron chi connectivity index (χ0n) is 8.37. The molecule has 15 heavy (non-hydrogen) atoms. The lowest BCUT2D eigenvalue weighted by molar-refractivity contribution is 1.29. The number of nitrogens with zero attached hydrogens (tertiary/aromatic N) is 1. The topological polar surface area (TPSA) is 38.9 Å². The highest BCUT2D eigenvalue weighted by atomic mass is 35.5. The summed E-state index contributed by atoms with van der Waals surface area (Å²) in [4.78, 5) is 4.08. The minimum Gasteiger partial charge on any atom is -0.397 e. The maximum atomic E-state index is 5.94. The Balaban J connectivity index is 2.59. The first-order valence-electron chi connectivity index (χ1n) is 4.64. The lowest BCUT2D eigenvalue weighted by Crippen LogP contribution is -1.93. The Morgan fingerprint density at radius 3 is 2.80 bits per heavy atom. The van der Waals surface area contributed by atoms with Crippen molar-refractivity contribution in [1.82, 2.24) is 4.98 Å². The minimum atomic E-state index is 0.701. The molecular weight excluding hydrogens is 208 g/mol. The maximum Gasteiger partial charge on any atom is 0.0536 e. The highest BCUT2D eigenvalue weighted by Gasteiger charge is 2.04. The van der Waals surface area contributed by atoms with Crippen LogP contribution in [0.1, 0.15) is 5.56 Å². The third kappa shape index (κ3) is 1.95. The van der Waals surface area contributed by atoms with Crippen LogP contribution in [0.3, 0.4) is 0 Å². The Bertz CT molecular complexity index is 495. The molecule has 2 nitrogen and oxygen atoms in total. The van der Waals surface area contributed by atoms with E-state index in [0.29, 0.717) is 10.7 Å². The Morgan fingerprint density at radius 1 is 1.27 bits per heavy atom. The lowest BCUT2D eigenvalue weighted by Gasteiger charge is -2.07. The highest BCUT2D eigenvalue weighted by Crippen LogP contribution is 2.27. The molecule has 2 N–H and O–H groups in total. The van der Waals surface area contributed by atoms with Crippen molar-refractivity contribution in [2.24, 2.45) is 0 Å². The number of halogens is 1. The number of rotatable bonds is 1. The number of pyridine rings is 1. The van der Waals surface area contributed by atoms with E-state index in [4.69, 9.17) is 17.3 Å². The van der Waals surface area contributed by atoms with Crippen molar-refractivity contribution in [1.29, 1.82) is 0 Å². The van der Waals surface area contributed by atoms with Gasteiger partial charge in [-0.25, -0.2) is 0 Å². The molecule has 0 aliphatic carbocycles. The predicted molar refractivity (Wildman–Crippen MR) is 63.8 cm³/mol. The van der Waals surface area contributed by atoms with E-state index in [-0.39, 0.29) is 0 Å². The summed E-state index contributed by atoms with van der Waals surface area (Å²) in [6, 6.07) is 7.67. The standard InChI is InChI=1S/C12H11ClN2/c1-8-11(6-15-7-12(8)14)9-3-2-4-10(13)5-9/h2-7H,14H2,1H3. The molecule has 1 aromatic carbocycles. The first-order chi connectivity index (χ1) is 7.18. The number of nitrogens with two attached hydrogens (primary N) is 1. The summed E-state index contributed by atoms with van der Waals surface area (Å²) in [5, 5.41) is 0.717. The molecule has 2 rings (SSSR count). The van der Waals surface area contributed by atoms with Crippen molar-refractivity contribution < 1.29 is 0 Å². The first-order valence-corrected chi connectivity index (χ1v) is 5.02. The Labute approximate surface area is 93.7 Å². The summed E-state index contributed by atoms with van der Waals surface area (Å²) >= 11 is 5.94. The summed E-state index contributed by atoms with van der Waals surface area (Å²) in [6.07, 6.45) is 3.46. The Hall–Kier alpha value is -1.54. The van der Waals surface area contributed by atoms with Crippen LogP contribution in [0.15, 0.2) is 36.7 Å². The Morgan fingerprint density at radius 2 is 2.07 bits per heavy atom. The molecule has 0 aliphatic heterocycles. The molecule has 0 atom stereocenters. The molecular formula is C12H11ClN2. The number of aromatic nitrogens is 1. The molecule has 1 heterocycles. The quantitative estimate of drug-likeness (QED) is 0.798. The summed E-state index contributed by atoms with van der Waals surface area (Å²) in [5.41, 5.74) is 9.60. The van der Waals surface area contributed by atoms with Gasteiger partial charge in [0.2, 0.25) is 0 Å². The number of benzene rings is 1. The normalized spacial score (nSPS) is 10.3. The average molecular weight is 219 g/mol. The second kappa shape index (κ2) is 3.91. The van der Waals surface area contributed by atoms with Crippen LogP contribution in [-0.4, -0.2) is 4.98 Å². The zero-order chi connectivity index (χ0) is 10.8. The first kappa shape index (κ1) is 9.99. The minimum absolute atomic E-state index is 0.701. The van der Waals surface area contributed by atoms with Crippen LogP contribution < -0.4 is 5.73 Å². The molecule has 76 valence electrons. The van der Waals surface area contributed by atoms with Crippen molar-refractivity contribution in [2.75, 3.05) is 5.73 Å². The average Bonchev–Trinajstić information content (AvgIpc) is 2.22. The molecule has 0 saturated carbocycles. The second-order valence-electron chi connectivity index (χ2n) is 3.41. The van der Waals surface area contributed by atoms with Gasteiger partial charge in [0.25, 0.3) is 0 Å². The monoisotopic (exact) mass is 218 g/mol. The van der Waals surface area contributed by atoms with Crippen molar-refractivity contribution in [2.45, 2.75) is 6.92 Å². The van der Waals surface area contributed by atoms with E-state index in [0.717, 1.165) is 16.7 Å². The van der Waals surface area contributed by atoms with Crippen molar-refractivity contribution >= 4 is 17.3 Å². The van der Waals surface area contributed by atoms with Gasteiger partial charge in [-0.2, -0.15) is 0 Å². The second-order valence-corrected chi connectivity index (χ2v) is 3.85. The molecule has 0 unspecified atom stereocenters. The number of hydrogen-bond donors (Lipinski definition) is 1. The number of nitrogen functional groups attached to an aromatic ring is 1. The van der Waals surface area contributed by atoms with Crippen LogP contribution in [0, 0.1) is 6.92 Å². The van der Waals surface area contributed by atoms with Gasteiger partial charge in [-0.05, 0) is 30.2 Å². The summed E-state index contributed by atoms with van der Waals surface area (Å²) in [7, 11) is 0. The largest absolute Gasteiger partial charge is 0.397 e. The summed E-state index contributed by atoms with van der Waals surface area (Å²) in [5.74, 6) is 0. The van der Waals surface area contributed by atoms with Crippen LogP contribution >= 0.6 is 11.6 Å². The number of anilines is 1. The SMILES string of the molecule is Cc1c(N)cncc1-c1cccc(Cl)c1. The highest BCUT2D eigenvalue weighted by molar-refractivity contribution is 6.30. The molecule has 0 saturated heterocycles. The van der Waals surface area contributed by atoms with Crippen LogP contribution in [0.5, 0.6) is 0 Å². The van der Waals surface area contributed by atoms with Gasteiger partial charge in [-0.3, -0.25) is 4.98 Å². The van der Waals surface area contributed by atoms with Gasteiger partial charge in [-0.15, -0.1) is 0 Å². The fraction of sp³-hybridized carbons (Fsp3) is 0.0833. The molecule has 3 heteroatoms. The Kier molecular flexibility index (Phi) is 2.60. The summed E-state index contributed by atoms with van der Waals surface area (Å²) < 4.78 is 0. The lowest BCUT2D eigenvalue weighted by atomic mass is 10.0. The molecule has 0 spiro atoms. The van der Waals surface area contributed by atoms with Gasteiger partial charge in [0.15, 0.2) is 0 Å². The van der Waals surface area contributed by atoms with E-state index in [1.165, 1.54) is 0 Å². The molecule has 0 aliphatic rings. The van der Waals surface area contributed by atoms with Crippen LogP contribution in [0.4, 0.5) is 5.69 Å². The van der Waals surface area contributed by atoms with Crippen LogP contribution in [0.25, 0.3) is 11.1 Å². The molecule has 0 bridgehead atoms. The van der Waals surface area contributed by atoms with Gasteiger partial charge in [0.05, 0.1) is 11.9 Å². The van der Waals surface area contributed by atoms with E-state index in [2.05, 4.69) is 4.98 Å². The maximum absolute atomic E-state index is 5.94. The van der Waals surface area contributed by atoms with Crippen molar-refractivity contribution in [3.63, 3.8) is 0 Å². The van der Waals surface area contributed by atoms with Gasteiger partial charge < -0.3 is 5.73 Å². The molecule has 0 amide bonds. The van der Waals surface area contributed by atoms with Crippen LogP contribution in [0.2, 0.25) is 5.02 Å². The molecule has 0 radical (unpaired) electrons. The van der Waals surface area contributed by atoms with Gasteiger partial charge >= 0.3 is 0 Å². The molecule has 2 aromatic rings. The molecule has 1 aromatic heterocycles. The third-order valence-corrected chi connectivity index (χ3v) is 2.62. The zero-order valence-corrected chi connectivity index (χ0v) is 9.12. The van der Waals surface area contributed by atoms with Crippen molar-refractivity contribution in [3.05, 3.63) is 47.2 Å². The fourth-order valence-electron chi connectivity index (χ4n) is 1.49. The smallest absolute Gasteiger partial charge is 0.0536 e. The van der Waals surface area contributed by atoms with E-state index in [9.17, 15) is 0 Å². The predicted octanol–water partition coefficient (Wildman–Crippen LogP) is 3.29. The van der Waals surface area contributed by atoms with Gasteiger partial charge in [0, 0.05) is 16.8 Å². The molecule has 0 fully saturated rings. The van der Waals surface area contributed by atoms with Gasteiger partial charge in [0.1, 0.15) is 0 Å². The van der Waals surface area contributed by atoms with E-state index in [1.54, 1.807) is 12.4 Å². The van der Waals surface area contributed by atoms with Gasteiger partial charge in [-0.1, -0.05) is 23.7 Å².